The minimum absolute atomic E-state index is 0.132. The van der Waals surface area contributed by atoms with Crippen molar-refractivity contribution in [2.75, 3.05) is 50.4 Å². The number of amides is 1. The third kappa shape index (κ3) is 2.73. The fraction of sp³-hybridized carbons (Fsp3) is 0.636. The zero-order chi connectivity index (χ0) is 13.1. The second-order valence-electron chi connectivity index (χ2n) is 4.36. The molecule has 0 unspecified atom stereocenters. The van der Waals surface area contributed by atoms with E-state index >= 15 is 0 Å². The number of thiazole rings is 1. The van der Waals surface area contributed by atoms with Crippen molar-refractivity contribution in [3.05, 3.63) is 4.88 Å². The molecule has 18 heavy (non-hydrogen) atoms. The molecule has 1 aromatic heterocycles. The van der Waals surface area contributed by atoms with Crippen molar-refractivity contribution in [2.24, 2.45) is 0 Å². The lowest BCUT2D eigenvalue weighted by Gasteiger charge is -2.31. The van der Waals surface area contributed by atoms with Crippen molar-refractivity contribution < 1.29 is 4.79 Å². The molecule has 2 heterocycles. The number of nitrogens with one attached hydrogen (secondary N) is 1. The summed E-state index contributed by atoms with van der Waals surface area (Å²) in [5.41, 5.74) is 5.81. The highest BCUT2D eigenvalue weighted by Gasteiger charge is 2.21. The average Bonchev–Trinajstić information content (AvgIpc) is 2.72. The lowest BCUT2D eigenvalue weighted by molar-refractivity contribution is 0.0960. The van der Waals surface area contributed by atoms with Gasteiger partial charge >= 0.3 is 0 Å². The van der Waals surface area contributed by atoms with Gasteiger partial charge in [-0.15, -0.1) is 0 Å². The minimum atomic E-state index is -0.132. The Morgan fingerprint density at radius 3 is 2.72 bits per heavy atom. The number of carbonyl (C=O) groups excluding carboxylic acids is 1. The van der Waals surface area contributed by atoms with E-state index in [-0.39, 0.29) is 5.91 Å². The van der Waals surface area contributed by atoms with E-state index in [0.29, 0.717) is 17.2 Å². The van der Waals surface area contributed by atoms with Crippen LogP contribution in [0, 0.1) is 0 Å². The molecule has 0 radical (unpaired) electrons. The summed E-state index contributed by atoms with van der Waals surface area (Å²) >= 11 is 1.37. The minimum Gasteiger partial charge on any atom is -0.382 e. The molecule has 1 amide bonds. The molecule has 2 rings (SSSR count). The van der Waals surface area contributed by atoms with Gasteiger partial charge in [0.05, 0.1) is 0 Å². The van der Waals surface area contributed by atoms with E-state index in [1.165, 1.54) is 11.3 Å². The van der Waals surface area contributed by atoms with Crippen LogP contribution < -0.4 is 16.0 Å². The quantitative estimate of drug-likeness (QED) is 0.821. The Bertz CT molecular complexity index is 425. The van der Waals surface area contributed by atoms with E-state index in [2.05, 4.69) is 27.1 Å². The van der Waals surface area contributed by atoms with Crippen LogP contribution >= 0.6 is 11.3 Å². The topological polar surface area (TPSA) is 74.5 Å². The van der Waals surface area contributed by atoms with Crippen molar-refractivity contribution in [2.45, 2.75) is 6.92 Å². The van der Waals surface area contributed by atoms with Gasteiger partial charge in [-0.05, 0) is 14.0 Å². The highest BCUT2D eigenvalue weighted by molar-refractivity contribution is 7.18. The summed E-state index contributed by atoms with van der Waals surface area (Å²) in [5.74, 6) is 0.202. The van der Waals surface area contributed by atoms with E-state index in [9.17, 15) is 4.79 Å². The van der Waals surface area contributed by atoms with E-state index < -0.39 is 0 Å². The predicted octanol–water partition coefficient (Wildman–Crippen LogP) is 0.227. The molecule has 1 saturated heterocycles. The monoisotopic (exact) mass is 269 g/mol. The molecule has 1 fully saturated rings. The fourth-order valence-corrected chi connectivity index (χ4v) is 2.81. The number of nitrogens with two attached hydrogens (primary N) is 1. The molecule has 0 bridgehead atoms. The molecule has 0 spiro atoms. The van der Waals surface area contributed by atoms with Crippen molar-refractivity contribution in [3.63, 3.8) is 0 Å². The Balaban J connectivity index is 2.11. The molecular formula is C11H19N5OS. The lowest BCUT2D eigenvalue weighted by Crippen LogP contribution is -2.44. The van der Waals surface area contributed by atoms with Gasteiger partial charge in [-0.1, -0.05) is 11.3 Å². The molecule has 6 nitrogen and oxygen atoms in total. The SMILES string of the molecule is CCNC(=O)c1sc(N2CCN(C)CC2)nc1N. The summed E-state index contributed by atoms with van der Waals surface area (Å²) in [6.45, 7) is 6.36. The number of hydrogen-bond acceptors (Lipinski definition) is 6. The number of likely N-dealkylation sites (N-methyl/N-ethyl adjacent to an activating group) is 1. The Hall–Kier alpha value is -1.34. The maximum Gasteiger partial charge on any atom is 0.265 e. The number of hydrogen-bond donors (Lipinski definition) is 2. The van der Waals surface area contributed by atoms with E-state index in [1.54, 1.807) is 0 Å². The van der Waals surface area contributed by atoms with Crippen molar-refractivity contribution in [1.29, 1.82) is 0 Å². The van der Waals surface area contributed by atoms with Crippen LogP contribution in [0.15, 0.2) is 0 Å². The lowest BCUT2D eigenvalue weighted by atomic mass is 10.3. The largest absolute Gasteiger partial charge is 0.382 e. The Kier molecular flexibility index (Phi) is 4.03. The van der Waals surface area contributed by atoms with Gasteiger partial charge in [-0.25, -0.2) is 4.98 Å². The molecule has 0 saturated carbocycles. The van der Waals surface area contributed by atoms with Crippen molar-refractivity contribution in [1.82, 2.24) is 15.2 Å². The van der Waals surface area contributed by atoms with Gasteiger partial charge in [-0.3, -0.25) is 4.79 Å². The summed E-state index contributed by atoms with van der Waals surface area (Å²) in [6.07, 6.45) is 0. The highest BCUT2D eigenvalue weighted by atomic mass is 32.1. The van der Waals surface area contributed by atoms with E-state index in [4.69, 9.17) is 5.73 Å². The number of nitrogen functional groups attached to an aromatic ring is 1. The molecule has 0 atom stereocenters. The molecule has 0 aromatic carbocycles. The number of carbonyl (C=O) groups is 1. The molecule has 1 aliphatic rings. The molecule has 0 aliphatic carbocycles. The first kappa shape index (κ1) is 13.1. The number of piperazine rings is 1. The summed E-state index contributed by atoms with van der Waals surface area (Å²) < 4.78 is 0. The molecule has 1 aromatic rings. The van der Waals surface area contributed by atoms with Gasteiger partial charge in [0.2, 0.25) is 0 Å². The summed E-state index contributed by atoms with van der Waals surface area (Å²) in [5, 5.41) is 3.60. The molecule has 1 aliphatic heterocycles. The van der Waals surface area contributed by atoms with Crippen molar-refractivity contribution in [3.8, 4) is 0 Å². The molecule has 7 heteroatoms. The molecule has 3 N–H and O–H groups in total. The summed E-state index contributed by atoms with van der Waals surface area (Å²) in [4.78, 5) is 21.1. The first-order chi connectivity index (χ1) is 8.61. The smallest absolute Gasteiger partial charge is 0.265 e. The number of anilines is 2. The van der Waals surface area contributed by atoms with Crippen LogP contribution in [-0.4, -0.2) is 55.6 Å². The van der Waals surface area contributed by atoms with Crippen LogP contribution in [-0.2, 0) is 0 Å². The van der Waals surface area contributed by atoms with Crippen molar-refractivity contribution >= 4 is 28.2 Å². The Morgan fingerprint density at radius 1 is 1.44 bits per heavy atom. The zero-order valence-corrected chi connectivity index (χ0v) is 11.6. The van der Waals surface area contributed by atoms with Gasteiger partial charge in [-0.2, -0.15) is 0 Å². The fourth-order valence-electron chi connectivity index (χ4n) is 1.86. The van der Waals surface area contributed by atoms with Crippen LogP contribution in [0.1, 0.15) is 16.6 Å². The molecule has 100 valence electrons. The first-order valence-electron chi connectivity index (χ1n) is 6.09. The Morgan fingerprint density at radius 2 is 2.11 bits per heavy atom. The van der Waals surface area contributed by atoms with Crippen LogP contribution in [0.3, 0.4) is 0 Å². The first-order valence-corrected chi connectivity index (χ1v) is 6.91. The predicted molar refractivity (Wildman–Crippen MR) is 74.2 cm³/mol. The average molecular weight is 269 g/mol. The highest BCUT2D eigenvalue weighted by Crippen LogP contribution is 2.28. The standard InChI is InChI=1S/C11H19N5OS/c1-3-13-10(17)8-9(12)14-11(18-8)16-6-4-15(2)5-7-16/h3-7,12H2,1-2H3,(H,13,17). The third-order valence-electron chi connectivity index (χ3n) is 2.96. The summed E-state index contributed by atoms with van der Waals surface area (Å²) in [6, 6.07) is 0. The number of nitrogens with zero attached hydrogens (tertiary/aromatic N) is 3. The summed E-state index contributed by atoms with van der Waals surface area (Å²) in [7, 11) is 2.10. The van der Waals surface area contributed by atoms with Crippen LogP contribution in [0.25, 0.3) is 0 Å². The zero-order valence-electron chi connectivity index (χ0n) is 10.8. The maximum absolute atomic E-state index is 11.8. The Labute approximate surface area is 111 Å². The van der Waals surface area contributed by atoms with E-state index in [0.717, 1.165) is 31.3 Å². The third-order valence-corrected chi connectivity index (χ3v) is 4.09. The van der Waals surface area contributed by atoms with Crippen LogP contribution in [0.2, 0.25) is 0 Å². The second-order valence-corrected chi connectivity index (χ2v) is 5.34. The maximum atomic E-state index is 11.8. The van der Waals surface area contributed by atoms with Crippen LogP contribution in [0.5, 0.6) is 0 Å². The van der Waals surface area contributed by atoms with Gasteiger partial charge < -0.3 is 20.9 Å². The number of rotatable bonds is 3. The normalized spacial score (nSPS) is 16.9. The molecular weight excluding hydrogens is 250 g/mol. The van der Waals surface area contributed by atoms with Gasteiger partial charge in [0, 0.05) is 32.7 Å². The van der Waals surface area contributed by atoms with Gasteiger partial charge in [0.25, 0.3) is 5.91 Å². The number of aromatic nitrogens is 1. The second kappa shape index (κ2) is 5.53. The van der Waals surface area contributed by atoms with Gasteiger partial charge in [0.1, 0.15) is 10.7 Å². The van der Waals surface area contributed by atoms with Gasteiger partial charge in [0.15, 0.2) is 5.13 Å². The van der Waals surface area contributed by atoms with Crippen LogP contribution in [0.4, 0.5) is 10.9 Å². The van der Waals surface area contributed by atoms with E-state index in [1.807, 2.05) is 6.92 Å².